The van der Waals surface area contributed by atoms with Crippen LogP contribution in [-0.2, 0) is 15.8 Å². The first kappa shape index (κ1) is 26.3. The quantitative estimate of drug-likeness (QED) is 0.390. The van der Waals surface area contributed by atoms with E-state index in [1.807, 2.05) is 19.9 Å². The summed E-state index contributed by atoms with van der Waals surface area (Å²) in [6.07, 6.45) is -2.95. The number of thioether (sulfide) groups is 1. The fraction of sp³-hybridized carbons (Fsp3) is 0.222. The minimum Gasteiger partial charge on any atom is -0.324 e. The van der Waals surface area contributed by atoms with Gasteiger partial charge in [0.05, 0.1) is 10.5 Å². The lowest BCUT2D eigenvalue weighted by atomic mass is 10.1. The molecule has 0 unspecified atom stereocenters. The van der Waals surface area contributed by atoms with Crippen LogP contribution in [-0.4, -0.2) is 33.1 Å². The van der Waals surface area contributed by atoms with Gasteiger partial charge in [-0.1, -0.05) is 18.2 Å². The first-order chi connectivity index (χ1) is 17.4. The maximum atomic E-state index is 13.2. The Hall–Kier alpha value is -3.79. The minimum atomic E-state index is -4.48. The maximum absolute atomic E-state index is 13.2. The Labute approximate surface area is 216 Å². The van der Waals surface area contributed by atoms with Gasteiger partial charge in [0.2, 0.25) is 5.91 Å². The van der Waals surface area contributed by atoms with Crippen molar-refractivity contribution in [1.82, 2.24) is 9.47 Å². The Morgan fingerprint density at radius 2 is 1.73 bits per heavy atom. The van der Waals surface area contributed by atoms with Crippen molar-refractivity contribution in [3.63, 3.8) is 0 Å². The lowest BCUT2D eigenvalue weighted by Gasteiger charge is -2.14. The molecule has 0 aliphatic carbocycles. The number of hydrogen-bond donors (Lipinski definition) is 1. The first-order valence-corrected chi connectivity index (χ1v) is 12.2. The number of nitrogens with zero attached hydrogens (tertiary/aromatic N) is 2. The van der Waals surface area contributed by atoms with Crippen LogP contribution in [0, 0.1) is 27.7 Å². The molecule has 192 valence electrons. The molecule has 1 N–H and O–H groups in total. The van der Waals surface area contributed by atoms with Gasteiger partial charge in [-0.05, 0) is 92.6 Å². The highest BCUT2D eigenvalue weighted by Gasteiger charge is 2.36. The summed E-state index contributed by atoms with van der Waals surface area (Å²) in [5, 5.41) is 2.17. The zero-order valence-electron chi connectivity index (χ0n) is 20.6. The Morgan fingerprint density at radius 1 is 1.03 bits per heavy atom. The van der Waals surface area contributed by atoms with Crippen LogP contribution in [0.25, 0.3) is 11.8 Å². The minimum absolute atomic E-state index is 0.133. The fourth-order valence-electron chi connectivity index (χ4n) is 4.15. The van der Waals surface area contributed by atoms with Crippen LogP contribution in [0.4, 0.5) is 23.7 Å². The van der Waals surface area contributed by atoms with E-state index in [-0.39, 0.29) is 4.91 Å². The molecule has 2 heterocycles. The summed E-state index contributed by atoms with van der Waals surface area (Å²) < 4.78 is 41.3. The summed E-state index contributed by atoms with van der Waals surface area (Å²) in [4.78, 5) is 39.1. The molecule has 6 nitrogen and oxygen atoms in total. The van der Waals surface area contributed by atoms with Gasteiger partial charge in [-0.3, -0.25) is 19.3 Å². The lowest BCUT2D eigenvalue weighted by Crippen LogP contribution is -2.36. The Kier molecular flexibility index (Phi) is 7.05. The second kappa shape index (κ2) is 9.93. The molecule has 0 bridgehead atoms. The predicted octanol–water partition coefficient (Wildman–Crippen LogP) is 6.40. The van der Waals surface area contributed by atoms with Crippen LogP contribution < -0.4 is 5.32 Å². The van der Waals surface area contributed by atoms with Gasteiger partial charge in [-0.25, -0.2) is 0 Å². The number of carbonyl (C=O) groups excluding carboxylic acids is 3. The zero-order chi connectivity index (χ0) is 27.1. The van der Waals surface area contributed by atoms with Crippen LogP contribution in [0.3, 0.4) is 0 Å². The monoisotopic (exact) mass is 527 g/mol. The number of aryl methyl sites for hydroxylation is 2. The molecular formula is C27H24F3N3O3S. The molecule has 10 heteroatoms. The molecule has 2 aromatic carbocycles. The number of aromatic nitrogens is 1. The van der Waals surface area contributed by atoms with Crippen LogP contribution in [0.15, 0.2) is 53.4 Å². The summed E-state index contributed by atoms with van der Waals surface area (Å²) in [7, 11) is 0. The van der Waals surface area contributed by atoms with Gasteiger partial charge in [0.25, 0.3) is 11.1 Å². The van der Waals surface area contributed by atoms with Crippen molar-refractivity contribution in [2.45, 2.75) is 33.9 Å². The number of amides is 3. The molecule has 0 radical (unpaired) electrons. The lowest BCUT2D eigenvalue weighted by molar-refractivity contribution is -0.137. The number of carbonyl (C=O) groups is 3. The van der Waals surface area contributed by atoms with E-state index in [9.17, 15) is 27.6 Å². The highest BCUT2D eigenvalue weighted by molar-refractivity contribution is 8.18. The summed E-state index contributed by atoms with van der Waals surface area (Å²) in [5.41, 5.74) is 3.91. The number of nitrogens with one attached hydrogen (secondary N) is 1. The van der Waals surface area contributed by atoms with Crippen molar-refractivity contribution in [2.24, 2.45) is 0 Å². The molecule has 3 aromatic rings. The van der Waals surface area contributed by atoms with Gasteiger partial charge in [-0.2, -0.15) is 13.2 Å². The van der Waals surface area contributed by atoms with Crippen molar-refractivity contribution < 1.29 is 27.6 Å². The van der Waals surface area contributed by atoms with E-state index in [0.717, 1.165) is 28.2 Å². The van der Waals surface area contributed by atoms with Gasteiger partial charge in [0.1, 0.15) is 6.54 Å². The van der Waals surface area contributed by atoms with E-state index in [1.54, 1.807) is 42.7 Å². The number of halogens is 3. The average Bonchev–Trinajstić information content (AvgIpc) is 3.25. The number of alkyl halides is 3. The van der Waals surface area contributed by atoms with Crippen LogP contribution in [0.1, 0.15) is 33.6 Å². The maximum Gasteiger partial charge on any atom is 0.416 e. The van der Waals surface area contributed by atoms with E-state index in [4.69, 9.17) is 0 Å². The molecule has 0 saturated carbocycles. The molecule has 3 amide bonds. The molecule has 1 aliphatic rings. The molecular weight excluding hydrogens is 503 g/mol. The number of rotatable bonds is 5. The molecule has 4 rings (SSSR count). The van der Waals surface area contributed by atoms with Crippen LogP contribution in [0.5, 0.6) is 0 Å². The van der Waals surface area contributed by atoms with Gasteiger partial charge in [0, 0.05) is 22.8 Å². The van der Waals surface area contributed by atoms with Crippen LogP contribution in [0.2, 0.25) is 0 Å². The van der Waals surface area contributed by atoms with Crippen molar-refractivity contribution in [3.05, 3.63) is 87.1 Å². The third-order valence-corrected chi connectivity index (χ3v) is 7.15. The standard InChI is InChI=1S/C27H24F3N3O3S/c1-15-7-5-10-22(17(15)3)31-24(34)14-32-25(35)23(37-26(32)36)12-19-11-16(2)33(18(19)4)21-9-6-8-20(13-21)27(28,29)30/h5-13H,14H2,1-4H3,(H,31,34)/b23-12-. The van der Waals surface area contributed by atoms with Gasteiger partial charge >= 0.3 is 6.18 Å². The summed E-state index contributed by atoms with van der Waals surface area (Å²) in [6, 6.07) is 12.2. The fourth-order valence-corrected chi connectivity index (χ4v) is 4.98. The molecule has 0 atom stereocenters. The Morgan fingerprint density at radius 3 is 2.43 bits per heavy atom. The van der Waals surface area contributed by atoms with E-state index in [2.05, 4.69) is 5.32 Å². The van der Waals surface area contributed by atoms with Gasteiger partial charge in [-0.15, -0.1) is 0 Å². The normalized spacial score (nSPS) is 15.1. The third kappa shape index (κ3) is 5.34. The SMILES string of the molecule is Cc1cccc(NC(=O)CN2C(=O)S/C(=C\c3cc(C)n(-c4cccc(C(F)(F)F)c4)c3C)C2=O)c1C. The molecule has 1 aromatic heterocycles. The number of anilines is 1. The Balaban J connectivity index is 1.55. The summed E-state index contributed by atoms with van der Waals surface area (Å²) in [6.45, 7) is 6.81. The predicted molar refractivity (Wildman–Crippen MR) is 137 cm³/mol. The summed E-state index contributed by atoms with van der Waals surface area (Å²) in [5.74, 6) is -1.10. The largest absolute Gasteiger partial charge is 0.416 e. The van der Waals surface area contributed by atoms with Crippen molar-refractivity contribution in [1.29, 1.82) is 0 Å². The second-order valence-corrected chi connectivity index (χ2v) is 9.77. The molecule has 1 saturated heterocycles. The Bertz CT molecular complexity index is 1460. The van der Waals surface area contributed by atoms with E-state index >= 15 is 0 Å². The van der Waals surface area contributed by atoms with Gasteiger partial charge in [0.15, 0.2) is 0 Å². The second-order valence-electron chi connectivity index (χ2n) is 8.77. The number of benzene rings is 2. The molecule has 1 aliphatic heterocycles. The van der Waals surface area contributed by atoms with Crippen molar-refractivity contribution in [3.8, 4) is 5.69 Å². The molecule has 1 fully saturated rings. The van der Waals surface area contributed by atoms with Crippen molar-refractivity contribution in [2.75, 3.05) is 11.9 Å². The number of imide groups is 1. The van der Waals surface area contributed by atoms with E-state index in [0.29, 0.717) is 40.1 Å². The molecule has 0 spiro atoms. The average molecular weight is 528 g/mol. The number of hydrogen-bond acceptors (Lipinski definition) is 4. The smallest absolute Gasteiger partial charge is 0.324 e. The highest BCUT2D eigenvalue weighted by atomic mass is 32.2. The topological polar surface area (TPSA) is 71.4 Å². The molecule has 37 heavy (non-hydrogen) atoms. The van der Waals surface area contributed by atoms with E-state index < -0.39 is 35.3 Å². The van der Waals surface area contributed by atoms with Gasteiger partial charge < -0.3 is 9.88 Å². The van der Waals surface area contributed by atoms with Crippen LogP contribution >= 0.6 is 11.8 Å². The summed E-state index contributed by atoms with van der Waals surface area (Å²) >= 11 is 0.716. The third-order valence-electron chi connectivity index (χ3n) is 6.24. The van der Waals surface area contributed by atoms with Crippen molar-refractivity contribution >= 4 is 40.6 Å². The zero-order valence-corrected chi connectivity index (χ0v) is 21.4. The first-order valence-electron chi connectivity index (χ1n) is 11.3. The highest BCUT2D eigenvalue weighted by Crippen LogP contribution is 2.35. The van der Waals surface area contributed by atoms with E-state index in [1.165, 1.54) is 12.1 Å².